The van der Waals surface area contributed by atoms with Crippen LogP contribution in [0.2, 0.25) is 0 Å². The molecule has 6 nitrogen and oxygen atoms in total. The Balaban J connectivity index is 3.44. The summed E-state index contributed by atoms with van der Waals surface area (Å²) in [6.07, 6.45) is 81.6. The maximum atomic E-state index is 12.5. The van der Waals surface area contributed by atoms with Gasteiger partial charge < -0.3 is 20.3 Å². The van der Waals surface area contributed by atoms with Gasteiger partial charge in [0.2, 0.25) is 5.91 Å². The second kappa shape index (κ2) is 63.4. The first kappa shape index (κ1) is 71.8. The third-order valence-corrected chi connectivity index (χ3v) is 15.1. The number of esters is 1. The molecule has 0 aromatic rings. The van der Waals surface area contributed by atoms with Crippen molar-refractivity contribution >= 4 is 11.9 Å². The van der Waals surface area contributed by atoms with Crippen LogP contribution in [0.15, 0.2) is 48.6 Å². The molecule has 0 fully saturated rings. The van der Waals surface area contributed by atoms with Gasteiger partial charge in [-0.1, -0.05) is 294 Å². The monoisotopic (exact) mass is 1040 g/mol. The molecule has 2 atom stereocenters. The minimum atomic E-state index is -0.847. The maximum absolute atomic E-state index is 12.5. The fourth-order valence-corrected chi connectivity index (χ4v) is 10.0. The lowest BCUT2D eigenvalue weighted by Crippen LogP contribution is -2.45. The van der Waals surface area contributed by atoms with Gasteiger partial charge in [0.05, 0.1) is 25.4 Å². The van der Waals surface area contributed by atoms with E-state index in [9.17, 15) is 19.8 Å². The van der Waals surface area contributed by atoms with Crippen molar-refractivity contribution < 1.29 is 24.5 Å². The number of aliphatic hydroxyl groups is 2. The second-order valence-electron chi connectivity index (χ2n) is 22.4. The molecule has 0 aromatic heterocycles. The largest absolute Gasteiger partial charge is 0.466 e. The zero-order valence-corrected chi connectivity index (χ0v) is 49.6. The molecule has 0 spiro atoms. The highest BCUT2D eigenvalue weighted by Gasteiger charge is 2.18. The van der Waals surface area contributed by atoms with Crippen molar-refractivity contribution in [2.24, 2.45) is 0 Å². The fraction of sp³-hybridized carbons (Fsp3) is 0.853. The number of unbranched alkanes of at least 4 members (excludes halogenated alkanes) is 44. The third-order valence-electron chi connectivity index (χ3n) is 15.1. The van der Waals surface area contributed by atoms with E-state index in [1.807, 2.05) is 6.08 Å². The molecule has 6 heteroatoms. The summed E-state index contributed by atoms with van der Waals surface area (Å²) < 4.78 is 5.48. The lowest BCUT2D eigenvalue weighted by molar-refractivity contribution is -0.143. The van der Waals surface area contributed by atoms with Crippen LogP contribution in [0.3, 0.4) is 0 Å². The topological polar surface area (TPSA) is 95.9 Å². The van der Waals surface area contributed by atoms with E-state index >= 15 is 0 Å². The van der Waals surface area contributed by atoms with Crippen LogP contribution in [0.1, 0.15) is 348 Å². The Labute approximate surface area is 461 Å². The van der Waals surface area contributed by atoms with Crippen molar-refractivity contribution in [2.45, 2.75) is 360 Å². The Morgan fingerprint density at radius 2 is 0.676 bits per heavy atom. The highest BCUT2D eigenvalue weighted by atomic mass is 16.5. The molecule has 0 heterocycles. The first-order valence-corrected chi connectivity index (χ1v) is 32.9. The van der Waals surface area contributed by atoms with Gasteiger partial charge in [-0.25, -0.2) is 0 Å². The SMILES string of the molecule is CCCCCCC/C=C\CCCCCCCC(=O)OCCCCCCCCCCC/C=C\C/C=C\CCCCCCCCCCCCCC(=O)NC(CO)C(O)/C=C/CCCCCCCCCCCCCCCC. The van der Waals surface area contributed by atoms with E-state index in [0.717, 1.165) is 51.4 Å². The number of carbonyl (C=O) groups excluding carboxylic acids is 2. The van der Waals surface area contributed by atoms with Crippen molar-refractivity contribution in [1.29, 1.82) is 0 Å². The Morgan fingerprint density at radius 3 is 1.04 bits per heavy atom. The molecule has 0 radical (unpaired) electrons. The van der Waals surface area contributed by atoms with Crippen LogP contribution in [0.4, 0.5) is 0 Å². The molecular weight excluding hydrogens is 911 g/mol. The molecule has 0 aliphatic carbocycles. The average molecular weight is 1040 g/mol. The van der Waals surface area contributed by atoms with Crippen molar-refractivity contribution in [3.05, 3.63) is 48.6 Å². The Morgan fingerprint density at radius 1 is 0.378 bits per heavy atom. The number of ether oxygens (including phenoxy) is 1. The fourth-order valence-electron chi connectivity index (χ4n) is 10.0. The number of nitrogens with one attached hydrogen (secondary N) is 1. The van der Waals surface area contributed by atoms with Crippen LogP contribution >= 0.6 is 0 Å². The number of carbonyl (C=O) groups is 2. The number of aliphatic hydroxyl groups excluding tert-OH is 2. The van der Waals surface area contributed by atoms with Gasteiger partial charge in [-0.15, -0.1) is 0 Å². The molecule has 0 bridgehead atoms. The Kier molecular flexibility index (Phi) is 61.5. The van der Waals surface area contributed by atoms with Gasteiger partial charge in [0.1, 0.15) is 0 Å². The van der Waals surface area contributed by atoms with Gasteiger partial charge in [-0.3, -0.25) is 9.59 Å². The molecule has 0 rings (SSSR count). The quantitative estimate of drug-likeness (QED) is 0.0320. The van der Waals surface area contributed by atoms with Crippen LogP contribution in [-0.2, 0) is 14.3 Å². The van der Waals surface area contributed by atoms with Crippen molar-refractivity contribution in [1.82, 2.24) is 5.32 Å². The maximum Gasteiger partial charge on any atom is 0.305 e. The summed E-state index contributed by atoms with van der Waals surface area (Å²) in [5, 5.41) is 23.2. The van der Waals surface area contributed by atoms with Crippen LogP contribution in [-0.4, -0.2) is 47.4 Å². The lowest BCUT2D eigenvalue weighted by atomic mass is 10.0. The average Bonchev–Trinajstić information content (AvgIpc) is 3.40. The molecule has 0 saturated carbocycles. The standard InChI is InChI=1S/C68H127NO5/c1-3-5-7-9-11-13-15-17-19-33-36-40-44-48-52-56-60-66(71)65(64-70)69-67(72)61-57-53-49-45-41-37-34-31-29-27-25-23-21-20-22-24-26-28-30-32-35-39-43-47-51-55-59-63-74-68(73)62-58-54-50-46-42-38-18-16-14-12-10-8-6-4-2/h16,18,20-21,24,26,56,60,65-66,70-71H,3-15,17,19,22-23,25,27-55,57-59,61-64H2,1-2H3,(H,69,72)/b18-16-,21-20-,26-24-,60-56+. The third kappa shape index (κ3) is 59.1. The number of amides is 1. The molecule has 74 heavy (non-hydrogen) atoms. The molecule has 0 saturated heterocycles. The summed E-state index contributed by atoms with van der Waals surface area (Å²) in [6, 6.07) is -0.631. The summed E-state index contributed by atoms with van der Waals surface area (Å²) in [7, 11) is 0. The van der Waals surface area contributed by atoms with E-state index in [-0.39, 0.29) is 18.5 Å². The summed E-state index contributed by atoms with van der Waals surface area (Å²) in [4.78, 5) is 24.5. The summed E-state index contributed by atoms with van der Waals surface area (Å²) in [6.45, 7) is 4.90. The van der Waals surface area contributed by atoms with Crippen LogP contribution in [0.5, 0.6) is 0 Å². The Bertz CT molecular complexity index is 1240. The van der Waals surface area contributed by atoms with Gasteiger partial charge >= 0.3 is 5.97 Å². The highest BCUT2D eigenvalue weighted by molar-refractivity contribution is 5.76. The molecule has 3 N–H and O–H groups in total. The van der Waals surface area contributed by atoms with Crippen LogP contribution in [0.25, 0.3) is 0 Å². The zero-order chi connectivity index (χ0) is 53.6. The van der Waals surface area contributed by atoms with E-state index in [1.54, 1.807) is 6.08 Å². The summed E-state index contributed by atoms with van der Waals surface area (Å²) in [5.41, 5.74) is 0. The van der Waals surface area contributed by atoms with E-state index in [4.69, 9.17) is 4.74 Å². The minimum Gasteiger partial charge on any atom is -0.466 e. The predicted molar refractivity (Wildman–Crippen MR) is 324 cm³/mol. The molecule has 0 aliphatic heterocycles. The highest BCUT2D eigenvalue weighted by Crippen LogP contribution is 2.17. The van der Waals surface area contributed by atoms with E-state index in [2.05, 4.69) is 55.6 Å². The molecular formula is C68H127NO5. The molecule has 0 aromatic carbocycles. The van der Waals surface area contributed by atoms with Crippen molar-refractivity contribution in [3.8, 4) is 0 Å². The van der Waals surface area contributed by atoms with Crippen molar-refractivity contribution in [2.75, 3.05) is 13.2 Å². The first-order valence-electron chi connectivity index (χ1n) is 32.9. The molecule has 434 valence electrons. The minimum absolute atomic E-state index is 0.00155. The number of hydrogen-bond donors (Lipinski definition) is 3. The van der Waals surface area contributed by atoms with E-state index in [1.165, 1.54) is 270 Å². The van der Waals surface area contributed by atoms with Crippen LogP contribution < -0.4 is 5.32 Å². The Hall–Kier alpha value is -2.18. The first-order chi connectivity index (χ1) is 36.5. The molecule has 2 unspecified atom stereocenters. The van der Waals surface area contributed by atoms with Gasteiger partial charge in [0, 0.05) is 12.8 Å². The lowest BCUT2D eigenvalue weighted by Gasteiger charge is -2.20. The van der Waals surface area contributed by atoms with Crippen molar-refractivity contribution in [3.63, 3.8) is 0 Å². The van der Waals surface area contributed by atoms with E-state index < -0.39 is 12.1 Å². The van der Waals surface area contributed by atoms with Gasteiger partial charge in [0.15, 0.2) is 0 Å². The normalized spacial score (nSPS) is 12.9. The number of rotatable bonds is 61. The number of hydrogen-bond acceptors (Lipinski definition) is 5. The summed E-state index contributed by atoms with van der Waals surface area (Å²) >= 11 is 0. The van der Waals surface area contributed by atoms with Crippen LogP contribution in [0, 0.1) is 0 Å². The van der Waals surface area contributed by atoms with Gasteiger partial charge in [0.25, 0.3) is 0 Å². The molecule has 1 amide bonds. The van der Waals surface area contributed by atoms with E-state index in [0.29, 0.717) is 19.4 Å². The number of allylic oxidation sites excluding steroid dienone is 7. The predicted octanol–water partition coefficient (Wildman–Crippen LogP) is 20.9. The second-order valence-corrected chi connectivity index (χ2v) is 22.4. The molecule has 0 aliphatic rings. The zero-order valence-electron chi connectivity index (χ0n) is 49.6. The van der Waals surface area contributed by atoms with Gasteiger partial charge in [-0.2, -0.15) is 0 Å². The smallest absolute Gasteiger partial charge is 0.305 e. The van der Waals surface area contributed by atoms with Gasteiger partial charge in [-0.05, 0) is 89.9 Å². The summed E-state index contributed by atoms with van der Waals surface area (Å²) in [5.74, 6) is -0.0683.